The minimum atomic E-state index is 0.551. The van der Waals surface area contributed by atoms with Gasteiger partial charge in [-0.15, -0.1) is 11.3 Å². The maximum Gasteiger partial charge on any atom is 0.142 e. The van der Waals surface area contributed by atoms with Crippen LogP contribution >= 0.6 is 27.3 Å². The molecular formula is C15H16BrN3S. The summed E-state index contributed by atoms with van der Waals surface area (Å²) in [5.74, 6) is 1.04. The first-order valence-corrected chi connectivity index (χ1v) is 8.34. The number of halogens is 1. The number of aryl methyl sites for hydroxylation is 1. The second kappa shape index (κ2) is 5.68. The zero-order valence-electron chi connectivity index (χ0n) is 11.3. The van der Waals surface area contributed by atoms with Gasteiger partial charge < -0.3 is 10.3 Å². The summed E-state index contributed by atoms with van der Waals surface area (Å²) in [4.78, 5) is 4.82. The van der Waals surface area contributed by atoms with Crippen LogP contribution in [-0.4, -0.2) is 9.55 Å². The number of hydrogen-bond donors (Lipinski definition) is 1. The lowest BCUT2D eigenvalue weighted by Crippen LogP contribution is -1.99. The van der Waals surface area contributed by atoms with E-state index in [0.717, 1.165) is 33.7 Å². The van der Waals surface area contributed by atoms with Gasteiger partial charge in [-0.2, -0.15) is 0 Å². The number of nitrogens with zero attached hydrogens (tertiary/aromatic N) is 2. The molecule has 0 atom stereocenters. The van der Waals surface area contributed by atoms with E-state index in [1.165, 1.54) is 11.1 Å². The van der Waals surface area contributed by atoms with Crippen LogP contribution in [0.25, 0.3) is 22.4 Å². The first-order valence-electron chi connectivity index (χ1n) is 6.66. The molecule has 0 bridgehead atoms. The normalized spacial score (nSPS) is 11.3. The van der Waals surface area contributed by atoms with Gasteiger partial charge in [-0.1, -0.05) is 13.0 Å². The standard InChI is InChI=1S/C15H16BrN3S/c1-2-5-19-13-4-3-10(8-17)6-12(13)18-15(19)11-7-14(16)20-9-11/h3-4,6-7,9H,2,5,8,17H2,1H3. The van der Waals surface area contributed by atoms with Crippen molar-refractivity contribution in [2.75, 3.05) is 0 Å². The summed E-state index contributed by atoms with van der Waals surface area (Å²) in [6, 6.07) is 8.43. The van der Waals surface area contributed by atoms with E-state index in [9.17, 15) is 0 Å². The molecule has 5 heteroatoms. The molecule has 3 aromatic rings. The molecule has 2 aromatic heterocycles. The summed E-state index contributed by atoms with van der Waals surface area (Å²) in [6.07, 6.45) is 1.09. The largest absolute Gasteiger partial charge is 0.326 e. The average molecular weight is 350 g/mol. The van der Waals surface area contributed by atoms with Crippen molar-refractivity contribution in [1.82, 2.24) is 9.55 Å². The fraction of sp³-hybridized carbons (Fsp3) is 0.267. The molecule has 3 rings (SSSR count). The fourth-order valence-electron chi connectivity index (χ4n) is 2.40. The Morgan fingerprint density at radius 2 is 2.20 bits per heavy atom. The van der Waals surface area contributed by atoms with Crippen LogP contribution < -0.4 is 5.73 Å². The van der Waals surface area contributed by atoms with Gasteiger partial charge in [-0.05, 0) is 46.1 Å². The van der Waals surface area contributed by atoms with Crippen molar-refractivity contribution < 1.29 is 0 Å². The molecule has 3 nitrogen and oxygen atoms in total. The van der Waals surface area contributed by atoms with Crippen molar-refractivity contribution in [2.24, 2.45) is 5.73 Å². The zero-order chi connectivity index (χ0) is 14.1. The van der Waals surface area contributed by atoms with E-state index in [1.807, 2.05) is 0 Å². The molecule has 0 aliphatic carbocycles. The number of thiophene rings is 1. The second-order valence-electron chi connectivity index (χ2n) is 4.75. The van der Waals surface area contributed by atoms with Crippen molar-refractivity contribution in [2.45, 2.75) is 26.4 Å². The van der Waals surface area contributed by atoms with Gasteiger partial charge in [0.05, 0.1) is 14.8 Å². The quantitative estimate of drug-likeness (QED) is 0.758. The zero-order valence-corrected chi connectivity index (χ0v) is 13.7. The Balaban J connectivity index is 2.21. The van der Waals surface area contributed by atoms with Crippen LogP contribution in [0.15, 0.2) is 33.4 Å². The molecule has 0 saturated carbocycles. The number of rotatable bonds is 4. The number of hydrogen-bond acceptors (Lipinski definition) is 3. The second-order valence-corrected chi connectivity index (χ2v) is 7.04. The molecule has 20 heavy (non-hydrogen) atoms. The van der Waals surface area contributed by atoms with Gasteiger partial charge in [-0.25, -0.2) is 4.98 Å². The fourth-order valence-corrected chi connectivity index (χ4v) is 3.54. The number of imidazole rings is 1. The van der Waals surface area contributed by atoms with Gasteiger partial charge in [0.2, 0.25) is 0 Å². The molecule has 2 N–H and O–H groups in total. The molecular weight excluding hydrogens is 334 g/mol. The summed E-state index contributed by atoms with van der Waals surface area (Å²) in [5.41, 5.74) is 10.2. The number of nitrogens with two attached hydrogens (primary N) is 1. The highest BCUT2D eigenvalue weighted by atomic mass is 79.9. The predicted molar refractivity (Wildman–Crippen MR) is 88.9 cm³/mol. The Hall–Kier alpha value is -1.17. The van der Waals surface area contributed by atoms with Crippen LogP contribution in [0.1, 0.15) is 18.9 Å². The molecule has 104 valence electrons. The topological polar surface area (TPSA) is 43.8 Å². The SMILES string of the molecule is CCCn1c(-c2csc(Br)c2)nc2cc(CN)ccc21. The summed E-state index contributed by atoms with van der Waals surface area (Å²) < 4.78 is 3.43. The number of benzene rings is 1. The molecule has 0 saturated heterocycles. The summed E-state index contributed by atoms with van der Waals surface area (Å²) in [5, 5.41) is 2.14. The highest BCUT2D eigenvalue weighted by Gasteiger charge is 2.13. The molecule has 0 fully saturated rings. The highest BCUT2D eigenvalue weighted by molar-refractivity contribution is 9.11. The third-order valence-electron chi connectivity index (χ3n) is 3.32. The Bertz CT molecular complexity index is 745. The molecule has 2 heterocycles. The van der Waals surface area contributed by atoms with E-state index in [4.69, 9.17) is 10.7 Å². The highest BCUT2D eigenvalue weighted by Crippen LogP contribution is 2.31. The maximum atomic E-state index is 5.72. The monoisotopic (exact) mass is 349 g/mol. The van der Waals surface area contributed by atoms with Crippen LogP contribution in [0.5, 0.6) is 0 Å². The smallest absolute Gasteiger partial charge is 0.142 e. The van der Waals surface area contributed by atoms with Crippen LogP contribution in [0.4, 0.5) is 0 Å². The lowest BCUT2D eigenvalue weighted by atomic mass is 10.2. The number of aromatic nitrogens is 2. The van der Waals surface area contributed by atoms with Gasteiger partial charge in [0.25, 0.3) is 0 Å². The summed E-state index contributed by atoms with van der Waals surface area (Å²) in [6.45, 7) is 3.71. The van der Waals surface area contributed by atoms with Crippen LogP contribution in [-0.2, 0) is 13.1 Å². The van der Waals surface area contributed by atoms with Gasteiger partial charge in [0.15, 0.2) is 0 Å². The van der Waals surface area contributed by atoms with Crippen molar-refractivity contribution in [3.63, 3.8) is 0 Å². The Morgan fingerprint density at radius 1 is 1.35 bits per heavy atom. The van der Waals surface area contributed by atoms with E-state index in [1.54, 1.807) is 11.3 Å². The lowest BCUT2D eigenvalue weighted by molar-refractivity contribution is 0.704. The first kappa shape index (κ1) is 13.8. The Morgan fingerprint density at radius 3 is 2.85 bits per heavy atom. The van der Waals surface area contributed by atoms with E-state index in [-0.39, 0.29) is 0 Å². The molecule has 0 radical (unpaired) electrons. The van der Waals surface area contributed by atoms with Crippen LogP contribution in [0.3, 0.4) is 0 Å². The van der Waals surface area contributed by atoms with E-state index in [0.29, 0.717) is 6.54 Å². The third-order valence-corrected chi connectivity index (χ3v) is 4.83. The van der Waals surface area contributed by atoms with E-state index >= 15 is 0 Å². The predicted octanol–water partition coefficient (Wildman–Crippen LogP) is 4.40. The van der Waals surface area contributed by atoms with Gasteiger partial charge in [0.1, 0.15) is 5.82 Å². The van der Waals surface area contributed by atoms with E-state index < -0.39 is 0 Å². The minimum Gasteiger partial charge on any atom is -0.326 e. The molecule has 0 amide bonds. The molecule has 0 aliphatic rings. The Labute approximate surface area is 130 Å². The summed E-state index contributed by atoms with van der Waals surface area (Å²) in [7, 11) is 0. The van der Waals surface area contributed by atoms with Crippen molar-refractivity contribution in [3.8, 4) is 11.4 Å². The molecule has 0 unspecified atom stereocenters. The summed E-state index contributed by atoms with van der Waals surface area (Å²) >= 11 is 5.21. The Kier molecular flexibility index (Phi) is 3.92. The minimum absolute atomic E-state index is 0.551. The molecule has 0 aliphatic heterocycles. The number of fused-ring (bicyclic) bond motifs is 1. The van der Waals surface area contributed by atoms with Gasteiger partial charge >= 0.3 is 0 Å². The maximum absolute atomic E-state index is 5.72. The van der Waals surface area contributed by atoms with Crippen molar-refractivity contribution in [1.29, 1.82) is 0 Å². The van der Waals surface area contributed by atoms with Gasteiger partial charge in [0, 0.05) is 24.0 Å². The van der Waals surface area contributed by atoms with Crippen LogP contribution in [0.2, 0.25) is 0 Å². The lowest BCUT2D eigenvalue weighted by Gasteiger charge is -2.06. The van der Waals surface area contributed by atoms with Gasteiger partial charge in [-0.3, -0.25) is 0 Å². The molecule has 0 spiro atoms. The van der Waals surface area contributed by atoms with E-state index in [2.05, 4.69) is 57.1 Å². The first-order chi connectivity index (χ1) is 9.72. The van der Waals surface area contributed by atoms with Crippen molar-refractivity contribution in [3.05, 3.63) is 39.0 Å². The third kappa shape index (κ3) is 2.41. The molecule has 1 aromatic carbocycles. The average Bonchev–Trinajstić information content (AvgIpc) is 3.03. The van der Waals surface area contributed by atoms with Crippen molar-refractivity contribution >= 4 is 38.3 Å². The van der Waals surface area contributed by atoms with Crippen LogP contribution in [0, 0.1) is 0 Å².